The number of carboxylic acids is 1. The first-order valence-electron chi connectivity index (χ1n) is 22.6. The molecule has 0 aromatic carbocycles. The van der Waals surface area contributed by atoms with Crippen LogP contribution in [0.5, 0.6) is 0 Å². The Morgan fingerprint density at radius 1 is 0.533 bits per heavy atom. The van der Waals surface area contributed by atoms with Gasteiger partial charge in [-0.2, -0.15) is 0 Å². The van der Waals surface area contributed by atoms with Gasteiger partial charge in [-0.15, -0.1) is 0 Å². The molecule has 0 amide bonds. The van der Waals surface area contributed by atoms with Crippen LogP contribution >= 0.6 is 7.82 Å². The Bertz CT molecular complexity index is 1340. The number of aliphatic carboxylic acids is 1. The molecule has 0 bridgehead atoms. The lowest BCUT2D eigenvalue weighted by Gasteiger charge is -2.20. The van der Waals surface area contributed by atoms with Gasteiger partial charge in [0.25, 0.3) is 0 Å². The molecule has 60 heavy (non-hydrogen) atoms. The molecule has 0 spiro atoms. The summed E-state index contributed by atoms with van der Waals surface area (Å²) < 4.78 is 32.7. The largest absolute Gasteiger partial charge is 0.480 e. The minimum atomic E-state index is -4.74. The molecule has 0 heterocycles. The standard InChI is InChI=1S/C48H80NO10P/c1-3-5-7-9-11-13-15-17-19-21-22-24-25-27-29-31-33-35-37-39-46(50)56-41-44(42-57-60(54,55)58-43-45(49)48(52)53)59-47(51)40-38-36-34-32-30-28-26-23-20-18-16-14-12-10-8-6-4-2/h6,8,11-14,17-20,26,28,32,34,44-45H,3-5,7,9-10,15-16,21-25,27,29-31,33,35-43,49H2,1-2H3,(H,52,53)(H,54,55)/b8-6-,13-11-,14-12-,19-17-,20-18-,28-26-,34-32-. The van der Waals surface area contributed by atoms with Crippen LogP contribution in [0.25, 0.3) is 0 Å². The van der Waals surface area contributed by atoms with Gasteiger partial charge in [-0.25, -0.2) is 4.57 Å². The number of esters is 2. The second-order valence-corrected chi connectivity index (χ2v) is 16.2. The first-order chi connectivity index (χ1) is 29.1. The molecular formula is C48H80NO10P. The average Bonchev–Trinajstić information content (AvgIpc) is 3.22. The lowest BCUT2D eigenvalue weighted by molar-refractivity contribution is -0.161. The van der Waals surface area contributed by atoms with E-state index in [2.05, 4.69) is 91.3 Å². The maximum Gasteiger partial charge on any atom is 0.472 e. The predicted octanol–water partition coefficient (Wildman–Crippen LogP) is 12.3. The normalized spacial score (nSPS) is 14.5. The molecule has 0 aromatic rings. The molecule has 0 radical (unpaired) electrons. The number of phosphoric ester groups is 1. The van der Waals surface area contributed by atoms with Crippen LogP contribution in [0, 0.1) is 0 Å². The summed E-state index contributed by atoms with van der Waals surface area (Å²) >= 11 is 0. The molecule has 0 rings (SSSR count). The van der Waals surface area contributed by atoms with Gasteiger partial charge < -0.3 is 25.2 Å². The molecule has 3 unspecified atom stereocenters. The van der Waals surface area contributed by atoms with Crippen molar-refractivity contribution in [1.29, 1.82) is 0 Å². The Labute approximate surface area is 362 Å². The van der Waals surface area contributed by atoms with Gasteiger partial charge in [0, 0.05) is 12.8 Å². The van der Waals surface area contributed by atoms with Crippen molar-refractivity contribution >= 4 is 25.7 Å². The number of unbranched alkanes of at least 4 members (excludes halogenated alkanes) is 13. The first-order valence-corrected chi connectivity index (χ1v) is 24.1. The minimum absolute atomic E-state index is 0.0776. The highest BCUT2D eigenvalue weighted by Gasteiger charge is 2.28. The van der Waals surface area contributed by atoms with E-state index >= 15 is 0 Å². The summed E-state index contributed by atoms with van der Waals surface area (Å²) in [5.74, 6) is -2.47. The fourth-order valence-electron chi connectivity index (χ4n) is 5.60. The second kappa shape index (κ2) is 42.4. The molecule has 3 atom stereocenters. The van der Waals surface area contributed by atoms with E-state index in [1.165, 1.54) is 57.8 Å². The van der Waals surface area contributed by atoms with Crippen molar-refractivity contribution in [2.45, 2.75) is 180 Å². The van der Waals surface area contributed by atoms with Crippen molar-refractivity contribution in [3.63, 3.8) is 0 Å². The Morgan fingerprint density at radius 3 is 1.45 bits per heavy atom. The molecule has 0 aromatic heterocycles. The number of ether oxygens (including phenoxy) is 2. The minimum Gasteiger partial charge on any atom is -0.480 e. The van der Waals surface area contributed by atoms with E-state index in [9.17, 15) is 23.8 Å². The molecular weight excluding hydrogens is 781 g/mol. The fourth-order valence-corrected chi connectivity index (χ4v) is 6.38. The summed E-state index contributed by atoms with van der Waals surface area (Å²) in [4.78, 5) is 46.0. The van der Waals surface area contributed by atoms with Gasteiger partial charge in [-0.3, -0.25) is 23.4 Å². The van der Waals surface area contributed by atoms with Crippen molar-refractivity contribution in [2.75, 3.05) is 19.8 Å². The third-order valence-electron chi connectivity index (χ3n) is 9.13. The monoisotopic (exact) mass is 862 g/mol. The van der Waals surface area contributed by atoms with Gasteiger partial charge >= 0.3 is 25.7 Å². The summed E-state index contributed by atoms with van der Waals surface area (Å²) in [6.07, 6.45) is 52.2. The first kappa shape index (κ1) is 56.7. The SMILES string of the molecule is CC/C=C\C/C=C\C/C=C\C/C=C\C/C=C\CCCC(=O)OC(COC(=O)CCCCCCCCCCC/C=C\C/C=C\CCCCC)COP(=O)(O)OCC(N)C(=O)O. The number of carboxylic acid groups (broad SMARTS) is 1. The molecule has 12 heteroatoms. The van der Waals surface area contributed by atoms with Crippen molar-refractivity contribution < 1.29 is 47.5 Å². The number of carbonyl (C=O) groups excluding carboxylic acids is 2. The van der Waals surface area contributed by atoms with Crippen molar-refractivity contribution in [1.82, 2.24) is 0 Å². The zero-order valence-corrected chi connectivity index (χ0v) is 37.9. The van der Waals surface area contributed by atoms with Crippen LogP contribution in [-0.2, 0) is 37.5 Å². The van der Waals surface area contributed by atoms with E-state index in [0.29, 0.717) is 19.3 Å². The van der Waals surface area contributed by atoms with E-state index in [4.69, 9.17) is 24.8 Å². The van der Waals surface area contributed by atoms with Gasteiger partial charge in [-0.05, 0) is 83.5 Å². The van der Waals surface area contributed by atoms with E-state index in [1.807, 2.05) is 12.2 Å². The summed E-state index contributed by atoms with van der Waals surface area (Å²) in [5.41, 5.74) is 5.33. The second-order valence-electron chi connectivity index (χ2n) is 14.8. The number of hydrogen-bond acceptors (Lipinski definition) is 9. The molecule has 0 fully saturated rings. The Hall–Kier alpha value is -3.34. The van der Waals surface area contributed by atoms with Crippen LogP contribution in [-0.4, -0.2) is 59.9 Å². The van der Waals surface area contributed by atoms with E-state index in [1.54, 1.807) is 0 Å². The highest BCUT2D eigenvalue weighted by Crippen LogP contribution is 2.43. The number of allylic oxidation sites excluding steroid dienone is 14. The highest BCUT2D eigenvalue weighted by atomic mass is 31.2. The van der Waals surface area contributed by atoms with Gasteiger partial charge in [0.05, 0.1) is 13.2 Å². The topological polar surface area (TPSA) is 172 Å². The maximum absolute atomic E-state index is 12.6. The summed E-state index contributed by atoms with van der Waals surface area (Å²) in [5, 5.41) is 8.90. The molecule has 0 aliphatic carbocycles. The van der Waals surface area contributed by atoms with Crippen molar-refractivity contribution in [3.8, 4) is 0 Å². The fraction of sp³-hybridized carbons (Fsp3) is 0.646. The van der Waals surface area contributed by atoms with E-state index in [0.717, 1.165) is 64.2 Å². The number of rotatable bonds is 41. The van der Waals surface area contributed by atoms with Crippen LogP contribution in [0.3, 0.4) is 0 Å². The zero-order valence-electron chi connectivity index (χ0n) is 37.0. The van der Waals surface area contributed by atoms with Crippen LogP contribution < -0.4 is 5.73 Å². The Balaban J connectivity index is 4.43. The average molecular weight is 862 g/mol. The van der Waals surface area contributed by atoms with Crippen molar-refractivity contribution in [3.05, 3.63) is 85.1 Å². The lowest BCUT2D eigenvalue weighted by Crippen LogP contribution is -2.34. The number of carbonyl (C=O) groups is 3. The predicted molar refractivity (Wildman–Crippen MR) is 244 cm³/mol. The van der Waals surface area contributed by atoms with Gasteiger partial charge in [0.15, 0.2) is 6.10 Å². The van der Waals surface area contributed by atoms with Crippen molar-refractivity contribution in [2.24, 2.45) is 5.73 Å². The molecule has 4 N–H and O–H groups in total. The van der Waals surface area contributed by atoms with E-state index in [-0.39, 0.29) is 19.4 Å². The lowest BCUT2D eigenvalue weighted by atomic mass is 10.1. The van der Waals surface area contributed by atoms with Gasteiger partial charge in [0.2, 0.25) is 0 Å². The third kappa shape index (κ3) is 41.4. The molecule has 0 aliphatic rings. The maximum atomic E-state index is 12.6. The Kier molecular flexibility index (Phi) is 40.0. The number of nitrogens with two attached hydrogens (primary N) is 1. The zero-order chi connectivity index (χ0) is 44.2. The van der Waals surface area contributed by atoms with Crippen LogP contribution in [0.2, 0.25) is 0 Å². The number of phosphoric acid groups is 1. The molecule has 11 nitrogen and oxygen atoms in total. The summed E-state index contributed by atoms with van der Waals surface area (Å²) in [6.45, 7) is 2.59. The summed E-state index contributed by atoms with van der Waals surface area (Å²) in [6, 6.07) is -1.54. The highest BCUT2D eigenvalue weighted by molar-refractivity contribution is 7.47. The quantitative estimate of drug-likeness (QED) is 0.0231. The van der Waals surface area contributed by atoms with Crippen LogP contribution in [0.4, 0.5) is 0 Å². The molecule has 342 valence electrons. The van der Waals surface area contributed by atoms with Gasteiger partial charge in [-0.1, -0.05) is 157 Å². The van der Waals surface area contributed by atoms with E-state index < -0.39 is 51.1 Å². The molecule has 0 saturated heterocycles. The summed E-state index contributed by atoms with van der Waals surface area (Å²) in [7, 11) is -4.74. The smallest absolute Gasteiger partial charge is 0.472 e. The molecule has 0 saturated carbocycles. The third-order valence-corrected chi connectivity index (χ3v) is 10.1. The Morgan fingerprint density at radius 2 is 0.950 bits per heavy atom. The van der Waals surface area contributed by atoms with Crippen LogP contribution in [0.15, 0.2) is 85.1 Å². The van der Waals surface area contributed by atoms with Gasteiger partial charge in [0.1, 0.15) is 12.6 Å². The van der Waals surface area contributed by atoms with Crippen LogP contribution in [0.1, 0.15) is 168 Å². The number of hydrogen-bond donors (Lipinski definition) is 3. The molecule has 0 aliphatic heterocycles.